The van der Waals surface area contributed by atoms with Crippen molar-refractivity contribution in [3.05, 3.63) is 34.1 Å². The van der Waals surface area contributed by atoms with E-state index in [0.717, 1.165) is 42.7 Å². The zero-order chi connectivity index (χ0) is 14.5. The Morgan fingerprint density at radius 3 is 2.70 bits per heavy atom. The van der Waals surface area contributed by atoms with Gasteiger partial charge >= 0.3 is 0 Å². The van der Waals surface area contributed by atoms with Gasteiger partial charge in [-0.25, -0.2) is 4.98 Å². The molecule has 20 heavy (non-hydrogen) atoms. The third kappa shape index (κ3) is 2.98. The monoisotopic (exact) mass is 275 g/mol. The maximum Gasteiger partial charge on any atom is 0.271 e. The van der Waals surface area contributed by atoms with Crippen LogP contribution in [0.25, 0.3) is 11.0 Å². The van der Waals surface area contributed by atoms with Gasteiger partial charge in [-0.05, 0) is 18.9 Å². The van der Waals surface area contributed by atoms with Crippen LogP contribution >= 0.6 is 0 Å². The molecule has 0 N–H and O–H groups in total. The number of nitro benzene ring substituents is 1. The van der Waals surface area contributed by atoms with Crippen LogP contribution in [0.4, 0.5) is 5.69 Å². The molecule has 0 fully saturated rings. The molecule has 0 aliphatic carbocycles. The minimum Gasteiger partial charge on any atom is -0.328 e. The van der Waals surface area contributed by atoms with Gasteiger partial charge in [-0.1, -0.05) is 26.7 Å². The average molecular weight is 275 g/mol. The van der Waals surface area contributed by atoms with Crippen molar-refractivity contribution in [1.82, 2.24) is 9.55 Å². The SMILES string of the molecule is CCCCCn1c(CCC)nc2cc([N+](=O)[O-])ccc21. The Bertz CT molecular complexity index is 604. The van der Waals surface area contributed by atoms with E-state index in [4.69, 9.17) is 0 Å². The normalized spacial score (nSPS) is 11.1. The molecule has 1 aromatic heterocycles. The molecule has 0 saturated carbocycles. The minimum atomic E-state index is -0.366. The van der Waals surface area contributed by atoms with Crippen molar-refractivity contribution in [3.8, 4) is 0 Å². The van der Waals surface area contributed by atoms with E-state index in [2.05, 4.69) is 23.4 Å². The predicted molar refractivity (Wildman–Crippen MR) is 79.9 cm³/mol. The van der Waals surface area contributed by atoms with Crippen LogP contribution in [0.5, 0.6) is 0 Å². The Morgan fingerprint density at radius 1 is 1.25 bits per heavy atom. The van der Waals surface area contributed by atoms with Gasteiger partial charge in [0.15, 0.2) is 0 Å². The lowest BCUT2D eigenvalue weighted by Crippen LogP contribution is -2.04. The van der Waals surface area contributed by atoms with Crippen LogP contribution in [0.15, 0.2) is 18.2 Å². The molecule has 2 aromatic rings. The van der Waals surface area contributed by atoms with E-state index in [0.29, 0.717) is 0 Å². The van der Waals surface area contributed by atoms with Gasteiger partial charge in [0.1, 0.15) is 5.82 Å². The van der Waals surface area contributed by atoms with Crippen molar-refractivity contribution in [2.75, 3.05) is 0 Å². The summed E-state index contributed by atoms with van der Waals surface area (Å²) >= 11 is 0. The molecule has 1 aromatic carbocycles. The van der Waals surface area contributed by atoms with E-state index >= 15 is 0 Å². The van der Waals surface area contributed by atoms with E-state index in [1.54, 1.807) is 12.1 Å². The number of fused-ring (bicyclic) bond motifs is 1. The van der Waals surface area contributed by atoms with E-state index in [1.807, 2.05) is 6.07 Å². The summed E-state index contributed by atoms with van der Waals surface area (Å²) in [4.78, 5) is 15.1. The first-order valence-corrected chi connectivity index (χ1v) is 7.31. The zero-order valence-electron chi connectivity index (χ0n) is 12.1. The highest BCUT2D eigenvalue weighted by atomic mass is 16.6. The number of hydrogen-bond donors (Lipinski definition) is 0. The van der Waals surface area contributed by atoms with Gasteiger partial charge in [-0.2, -0.15) is 0 Å². The van der Waals surface area contributed by atoms with Crippen molar-refractivity contribution in [1.29, 1.82) is 0 Å². The molecule has 5 heteroatoms. The third-order valence-corrected chi connectivity index (χ3v) is 3.48. The van der Waals surface area contributed by atoms with E-state index in [-0.39, 0.29) is 10.6 Å². The molecular weight excluding hydrogens is 254 g/mol. The second kappa shape index (κ2) is 6.50. The Balaban J connectivity index is 2.40. The van der Waals surface area contributed by atoms with Crippen molar-refractivity contribution in [3.63, 3.8) is 0 Å². The molecule has 0 aliphatic rings. The summed E-state index contributed by atoms with van der Waals surface area (Å²) in [5.41, 5.74) is 1.85. The number of nitro groups is 1. The van der Waals surface area contributed by atoms with Crippen molar-refractivity contribution >= 4 is 16.7 Å². The van der Waals surface area contributed by atoms with Crippen molar-refractivity contribution < 1.29 is 4.92 Å². The summed E-state index contributed by atoms with van der Waals surface area (Å²) in [6.45, 7) is 5.25. The number of aryl methyl sites for hydroxylation is 2. The summed E-state index contributed by atoms with van der Waals surface area (Å²) in [6.07, 6.45) is 5.43. The number of nitrogens with zero attached hydrogens (tertiary/aromatic N) is 3. The van der Waals surface area contributed by atoms with Crippen LogP contribution in [0.1, 0.15) is 45.4 Å². The lowest BCUT2D eigenvalue weighted by atomic mass is 10.2. The lowest BCUT2D eigenvalue weighted by Gasteiger charge is -2.08. The van der Waals surface area contributed by atoms with Gasteiger partial charge in [0.05, 0.1) is 16.0 Å². The van der Waals surface area contributed by atoms with Gasteiger partial charge < -0.3 is 4.57 Å². The highest BCUT2D eigenvalue weighted by molar-refractivity contribution is 5.78. The zero-order valence-corrected chi connectivity index (χ0v) is 12.1. The van der Waals surface area contributed by atoms with Crippen LogP contribution in [0, 0.1) is 10.1 Å². The van der Waals surface area contributed by atoms with E-state index in [1.165, 1.54) is 12.8 Å². The third-order valence-electron chi connectivity index (χ3n) is 3.48. The number of hydrogen-bond acceptors (Lipinski definition) is 3. The molecule has 0 atom stereocenters. The van der Waals surface area contributed by atoms with Gasteiger partial charge in [0.2, 0.25) is 0 Å². The summed E-state index contributed by atoms with van der Waals surface area (Å²) < 4.78 is 2.22. The maximum absolute atomic E-state index is 10.8. The van der Waals surface area contributed by atoms with E-state index < -0.39 is 0 Å². The fraction of sp³-hybridized carbons (Fsp3) is 0.533. The van der Waals surface area contributed by atoms with Crippen LogP contribution in [-0.4, -0.2) is 14.5 Å². The number of imidazole rings is 1. The second-order valence-electron chi connectivity index (χ2n) is 5.07. The molecule has 1 heterocycles. The first-order valence-electron chi connectivity index (χ1n) is 7.31. The van der Waals surface area contributed by atoms with Crippen LogP contribution in [0.3, 0.4) is 0 Å². The van der Waals surface area contributed by atoms with Crippen LogP contribution < -0.4 is 0 Å². The highest BCUT2D eigenvalue weighted by Gasteiger charge is 2.13. The van der Waals surface area contributed by atoms with Gasteiger partial charge in [-0.3, -0.25) is 10.1 Å². The largest absolute Gasteiger partial charge is 0.328 e. The smallest absolute Gasteiger partial charge is 0.271 e. The van der Waals surface area contributed by atoms with Crippen molar-refractivity contribution in [2.45, 2.75) is 52.5 Å². The quantitative estimate of drug-likeness (QED) is 0.434. The van der Waals surface area contributed by atoms with Gasteiger partial charge in [0, 0.05) is 25.1 Å². The second-order valence-corrected chi connectivity index (χ2v) is 5.07. The van der Waals surface area contributed by atoms with E-state index in [9.17, 15) is 10.1 Å². The number of rotatable bonds is 7. The molecule has 5 nitrogen and oxygen atoms in total. The van der Waals surface area contributed by atoms with Crippen LogP contribution in [0.2, 0.25) is 0 Å². The molecule has 0 radical (unpaired) electrons. The average Bonchev–Trinajstić information content (AvgIpc) is 2.76. The predicted octanol–water partition coefficient (Wildman–Crippen LogP) is 4.09. The Morgan fingerprint density at radius 2 is 2.05 bits per heavy atom. The molecule has 0 bridgehead atoms. The molecule has 0 saturated heterocycles. The molecule has 0 spiro atoms. The molecule has 0 amide bonds. The first-order chi connectivity index (χ1) is 9.67. The molecule has 108 valence electrons. The Kier molecular flexibility index (Phi) is 4.71. The number of unbranched alkanes of at least 4 members (excludes halogenated alkanes) is 2. The summed E-state index contributed by atoms with van der Waals surface area (Å²) in [5.74, 6) is 1.04. The van der Waals surface area contributed by atoms with Gasteiger partial charge in [0.25, 0.3) is 5.69 Å². The summed E-state index contributed by atoms with van der Waals surface area (Å²) in [5, 5.41) is 10.8. The molecule has 0 unspecified atom stereocenters. The standard InChI is InChI=1S/C15H21N3O2/c1-3-5-6-10-17-14-9-8-12(18(19)20)11-13(14)16-15(17)7-4-2/h8-9,11H,3-7,10H2,1-2H3. The fourth-order valence-corrected chi connectivity index (χ4v) is 2.47. The Hall–Kier alpha value is -1.91. The summed E-state index contributed by atoms with van der Waals surface area (Å²) in [7, 11) is 0. The fourth-order valence-electron chi connectivity index (χ4n) is 2.47. The minimum absolute atomic E-state index is 0.110. The molecular formula is C15H21N3O2. The number of aromatic nitrogens is 2. The number of benzene rings is 1. The molecule has 2 rings (SSSR count). The highest BCUT2D eigenvalue weighted by Crippen LogP contribution is 2.23. The molecule has 0 aliphatic heterocycles. The topological polar surface area (TPSA) is 61.0 Å². The lowest BCUT2D eigenvalue weighted by molar-refractivity contribution is -0.384. The number of non-ortho nitro benzene ring substituents is 1. The maximum atomic E-state index is 10.8. The Labute approximate surface area is 118 Å². The first kappa shape index (κ1) is 14.5. The van der Waals surface area contributed by atoms with Crippen LogP contribution in [-0.2, 0) is 13.0 Å². The summed E-state index contributed by atoms with van der Waals surface area (Å²) in [6, 6.07) is 4.96. The van der Waals surface area contributed by atoms with Gasteiger partial charge in [-0.15, -0.1) is 0 Å². The van der Waals surface area contributed by atoms with Crippen molar-refractivity contribution in [2.24, 2.45) is 0 Å².